The summed E-state index contributed by atoms with van der Waals surface area (Å²) in [5, 5.41) is 11.6. The summed E-state index contributed by atoms with van der Waals surface area (Å²) >= 11 is 1.35. The summed E-state index contributed by atoms with van der Waals surface area (Å²) in [6.45, 7) is 2.06. The summed E-state index contributed by atoms with van der Waals surface area (Å²) < 4.78 is 5.35. The summed E-state index contributed by atoms with van der Waals surface area (Å²) in [6.07, 6.45) is 0. The van der Waals surface area contributed by atoms with Crippen molar-refractivity contribution in [3.05, 3.63) is 47.4 Å². The molecule has 2 heterocycles. The van der Waals surface area contributed by atoms with Gasteiger partial charge in [-0.2, -0.15) is 0 Å². The fourth-order valence-electron chi connectivity index (χ4n) is 2.93. The molecule has 26 heavy (non-hydrogen) atoms. The van der Waals surface area contributed by atoms with Gasteiger partial charge in [-0.05, 0) is 12.5 Å². The van der Waals surface area contributed by atoms with Crippen LogP contribution in [-0.2, 0) is 19.1 Å². The van der Waals surface area contributed by atoms with Crippen LogP contribution in [0.1, 0.15) is 18.5 Å². The van der Waals surface area contributed by atoms with Crippen molar-refractivity contribution >= 4 is 29.5 Å². The Labute approximate surface area is 154 Å². The molecule has 1 saturated heterocycles. The van der Waals surface area contributed by atoms with E-state index in [2.05, 4.69) is 5.32 Å². The van der Waals surface area contributed by atoms with E-state index in [9.17, 15) is 19.5 Å². The maximum absolute atomic E-state index is 12.5. The molecular formula is C17H19N3O5S. The summed E-state index contributed by atoms with van der Waals surface area (Å²) in [7, 11) is 0. The van der Waals surface area contributed by atoms with E-state index in [1.54, 1.807) is 31.2 Å². The van der Waals surface area contributed by atoms with E-state index in [-0.39, 0.29) is 11.5 Å². The monoisotopic (exact) mass is 377 g/mol. The zero-order chi connectivity index (χ0) is 18.8. The van der Waals surface area contributed by atoms with Gasteiger partial charge in [0.25, 0.3) is 5.91 Å². The Bertz CT molecular complexity index is 767. The lowest BCUT2D eigenvalue weighted by Crippen LogP contribution is -2.71. The standard InChI is InChI=1S/C17H19N3O5S/c1-2-25-10-8-26-16-12(15(22)20(16)13(10)17(23)24)19-14(21)11(18)9-6-4-3-5-7-9/h3-7,11-12,16H,2,8,18H2,1H3,(H,19,21)(H,23,24)/t11-,12+,16-/m0/s1. The van der Waals surface area contributed by atoms with Crippen molar-refractivity contribution in [1.82, 2.24) is 10.2 Å². The molecule has 2 amide bonds. The predicted molar refractivity (Wildman–Crippen MR) is 94.7 cm³/mol. The summed E-state index contributed by atoms with van der Waals surface area (Å²) in [5.74, 6) is -1.60. The lowest BCUT2D eigenvalue weighted by molar-refractivity contribution is -0.151. The number of nitrogens with one attached hydrogen (secondary N) is 1. The number of rotatable bonds is 6. The highest BCUT2D eigenvalue weighted by molar-refractivity contribution is 8.00. The number of carbonyl (C=O) groups excluding carboxylic acids is 2. The third-order valence-electron chi connectivity index (χ3n) is 4.19. The molecule has 138 valence electrons. The largest absolute Gasteiger partial charge is 0.495 e. The summed E-state index contributed by atoms with van der Waals surface area (Å²) in [5.41, 5.74) is 6.43. The molecule has 2 aliphatic heterocycles. The summed E-state index contributed by atoms with van der Waals surface area (Å²) in [6, 6.07) is 7.11. The van der Waals surface area contributed by atoms with Crippen molar-refractivity contribution in [3.8, 4) is 0 Å². The van der Waals surface area contributed by atoms with Gasteiger partial charge in [0.05, 0.1) is 12.4 Å². The zero-order valence-corrected chi connectivity index (χ0v) is 14.9. The normalized spacial score (nSPS) is 23.0. The number of hydrogen-bond donors (Lipinski definition) is 3. The number of nitrogens with two attached hydrogens (primary N) is 1. The molecule has 1 aromatic rings. The first-order chi connectivity index (χ1) is 12.5. The quantitative estimate of drug-likeness (QED) is 0.614. The van der Waals surface area contributed by atoms with E-state index >= 15 is 0 Å². The lowest BCUT2D eigenvalue weighted by Gasteiger charge is -2.49. The molecule has 0 aromatic heterocycles. The summed E-state index contributed by atoms with van der Waals surface area (Å²) in [4.78, 5) is 37.6. The van der Waals surface area contributed by atoms with Crippen molar-refractivity contribution in [2.75, 3.05) is 12.4 Å². The maximum Gasteiger partial charge on any atom is 0.356 e. The topological polar surface area (TPSA) is 122 Å². The van der Waals surface area contributed by atoms with E-state index in [0.29, 0.717) is 17.9 Å². The second-order valence-electron chi connectivity index (χ2n) is 5.79. The predicted octanol–water partition coefficient (Wildman–Crippen LogP) is 0.419. The minimum atomic E-state index is -1.22. The molecule has 0 radical (unpaired) electrons. The van der Waals surface area contributed by atoms with Crippen LogP contribution in [0.15, 0.2) is 41.8 Å². The Morgan fingerprint density at radius 3 is 2.73 bits per heavy atom. The van der Waals surface area contributed by atoms with Gasteiger partial charge < -0.3 is 20.9 Å². The van der Waals surface area contributed by atoms with Crippen LogP contribution in [0.25, 0.3) is 0 Å². The van der Waals surface area contributed by atoms with Gasteiger partial charge in [0.1, 0.15) is 23.2 Å². The SMILES string of the molecule is CCOC1=C(C(=O)O)N2C(=O)[C@@H](NC(=O)[C@@H](N)c3ccccc3)[C@@H]2SC1. The van der Waals surface area contributed by atoms with Crippen molar-refractivity contribution in [2.45, 2.75) is 24.4 Å². The van der Waals surface area contributed by atoms with E-state index in [1.165, 1.54) is 16.7 Å². The minimum Gasteiger partial charge on any atom is -0.495 e. The zero-order valence-electron chi connectivity index (χ0n) is 14.0. The molecule has 4 N–H and O–H groups in total. The molecule has 3 atom stereocenters. The van der Waals surface area contributed by atoms with Crippen molar-refractivity contribution in [2.24, 2.45) is 5.73 Å². The number of amides is 2. The van der Waals surface area contributed by atoms with E-state index in [4.69, 9.17) is 10.5 Å². The van der Waals surface area contributed by atoms with Crippen LogP contribution >= 0.6 is 11.8 Å². The fourth-order valence-corrected chi connectivity index (χ4v) is 4.21. The molecular weight excluding hydrogens is 358 g/mol. The molecule has 0 spiro atoms. The molecule has 2 aliphatic rings. The molecule has 3 rings (SSSR count). The van der Waals surface area contributed by atoms with Crippen LogP contribution in [0.5, 0.6) is 0 Å². The number of aliphatic carboxylic acids is 1. The second-order valence-corrected chi connectivity index (χ2v) is 6.90. The second kappa shape index (κ2) is 7.38. The van der Waals surface area contributed by atoms with E-state index in [0.717, 1.165) is 0 Å². The van der Waals surface area contributed by atoms with Gasteiger partial charge in [0.15, 0.2) is 5.70 Å². The number of nitrogens with zero attached hydrogens (tertiary/aromatic N) is 1. The van der Waals surface area contributed by atoms with Crippen molar-refractivity contribution in [1.29, 1.82) is 0 Å². The maximum atomic E-state index is 12.5. The average Bonchev–Trinajstić information content (AvgIpc) is 2.65. The Hall–Kier alpha value is -2.52. The molecule has 0 unspecified atom stereocenters. The van der Waals surface area contributed by atoms with Crippen LogP contribution in [0.2, 0.25) is 0 Å². The first-order valence-corrected chi connectivity index (χ1v) is 9.15. The Morgan fingerprint density at radius 2 is 2.12 bits per heavy atom. The third-order valence-corrected chi connectivity index (χ3v) is 5.45. The number of fused-ring (bicyclic) bond motifs is 1. The van der Waals surface area contributed by atoms with Gasteiger partial charge in [0, 0.05) is 0 Å². The Morgan fingerprint density at radius 1 is 1.42 bits per heavy atom. The third kappa shape index (κ3) is 3.15. The lowest BCUT2D eigenvalue weighted by atomic mass is 10.0. The average molecular weight is 377 g/mol. The number of benzene rings is 1. The van der Waals surface area contributed by atoms with E-state index < -0.39 is 35.2 Å². The number of thioether (sulfide) groups is 1. The first-order valence-electron chi connectivity index (χ1n) is 8.10. The first kappa shape index (κ1) is 18.3. The smallest absolute Gasteiger partial charge is 0.356 e. The van der Waals surface area contributed by atoms with Crippen LogP contribution in [0.3, 0.4) is 0 Å². The fraction of sp³-hybridized carbons (Fsp3) is 0.353. The van der Waals surface area contributed by atoms with Crippen LogP contribution in [0.4, 0.5) is 0 Å². The van der Waals surface area contributed by atoms with Gasteiger partial charge in [-0.3, -0.25) is 14.5 Å². The molecule has 0 saturated carbocycles. The molecule has 0 bridgehead atoms. The van der Waals surface area contributed by atoms with Gasteiger partial charge in [-0.25, -0.2) is 4.79 Å². The number of hydrogen-bond acceptors (Lipinski definition) is 6. The van der Waals surface area contributed by atoms with Crippen molar-refractivity contribution < 1.29 is 24.2 Å². The van der Waals surface area contributed by atoms with Gasteiger partial charge in [0.2, 0.25) is 5.91 Å². The molecule has 0 aliphatic carbocycles. The van der Waals surface area contributed by atoms with Gasteiger partial charge in [-0.1, -0.05) is 30.3 Å². The molecule has 8 nitrogen and oxygen atoms in total. The number of carboxylic acid groups (broad SMARTS) is 1. The minimum absolute atomic E-state index is 0.154. The van der Waals surface area contributed by atoms with Crippen LogP contribution in [-0.4, -0.2) is 51.6 Å². The highest BCUT2D eigenvalue weighted by Crippen LogP contribution is 2.40. The van der Waals surface area contributed by atoms with Gasteiger partial charge >= 0.3 is 5.97 Å². The number of carboxylic acids is 1. The highest BCUT2D eigenvalue weighted by atomic mass is 32.2. The number of ether oxygens (including phenoxy) is 1. The van der Waals surface area contributed by atoms with Gasteiger partial charge in [-0.15, -0.1) is 11.8 Å². The Kier molecular flexibility index (Phi) is 5.19. The molecule has 1 fully saturated rings. The highest BCUT2D eigenvalue weighted by Gasteiger charge is 2.55. The van der Waals surface area contributed by atoms with Crippen molar-refractivity contribution in [3.63, 3.8) is 0 Å². The number of β-lactam (4-membered cyclic amide) rings is 1. The molecule has 1 aromatic carbocycles. The Balaban J connectivity index is 1.73. The number of carbonyl (C=O) groups is 3. The van der Waals surface area contributed by atoms with Crippen LogP contribution < -0.4 is 11.1 Å². The molecule has 9 heteroatoms. The van der Waals surface area contributed by atoms with E-state index in [1.807, 2.05) is 6.07 Å². The van der Waals surface area contributed by atoms with Crippen LogP contribution in [0, 0.1) is 0 Å².